The monoisotopic (exact) mass is 345 g/mol. The van der Waals surface area contributed by atoms with Gasteiger partial charge in [-0.2, -0.15) is 10.2 Å². The summed E-state index contributed by atoms with van der Waals surface area (Å²) in [5, 5.41) is 9.02. The number of halogens is 1. The molecule has 1 aliphatic rings. The van der Waals surface area contributed by atoms with Gasteiger partial charge in [-0.25, -0.2) is 4.98 Å². The van der Waals surface area contributed by atoms with E-state index in [9.17, 15) is 0 Å². The van der Waals surface area contributed by atoms with E-state index in [1.165, 1.54) is 0 Å². The molecule has 0 N–H and O–H groups in total. The molecular weight excluding hydrogens is 334 g/mol. The third kappa shape index (κ3) is 3.31. The SMILES string of the molecule is COc1cc(C#N)cc(Oc2cc(Br)nc(C3CC3)n2)c1. The topological polar surface area (TPSA) is 68.0 Å². The largest absolute Gasteiger partial charge is 0.497 e. The molecule has 1 aliphatic carbocycles. The lowest BCUT2D eigenvalue weighted by Crippen LogP contribution is -1.97. The second-order valence-corrected chi connectivity index (χ2v) is 5.58. The van der Waals surface area contributed by atoms with E-state index in [2.05, 4.69) is 32.0 Å². The molecule has 1 heterocycles. The number of nitriles is 1. The Labute approximate surface area is 130 Å². The molecule has 0 amide bonds. The van der Waals surface area contributed by atoms with Crippen molar-refractivity contribution in [1.82, 2.24) is 9.97 Å². The number of nitrogens with zero attached hydrogens (tertiary/aromatic N) is 3. The Hall–Kier alpha value is -2.13. The normalized spacial score (nSPS) is 13.6. The van der Waals surface area contributed by atoms with Crippen LogP contribution in [-0.2, 0) is 0 Å². The van der Waals surface area contributed by atoms with E-state index in [-0.39, 0.29) is 0 Å². The average Bonchev–Trinajstić information content (AvgIpc) is 3.30. The van der Waals surface area contributed by atoms with E-state index in [1.54, 1.807) is 31.4 Å². The van der Waals surface area contributed by atoms with Gasteiger partial charge in [0.1, 0.15) is 21.9 Å². The maximum Gasteiger partial charge on any atom is 0.223 e. The summed E-state index contributed by atoms with van der Waals surface area (Å²) >= 11 is 3.37. The molecule has 0 radical (unpaired) electrons. The van der Waals surface area contributed by atoms with Gasteiger partial charge in [0.2, 0.25) is 5.88 Å². The zero-order valence-corrected chi connectivity index (χ0v) is 12.9. The zero-order chi connectivity index (χ0) is 14.8. The van der Waals surface area contributed by atoms with E-state index in [0.717, 1.165) is 18.7 Å². The quantitative estimate of drug-likeness (QED) is 0.788. The first-order valence-corrected chi connectivity index (χ1v) is 7.29. The first-order valence-electron chi connectivity index (χ1n) is 6.49. The maximum absolute atomic E-state index is 9.02. The highest BCUT2D eigenvalue weighted by Crippen LogP contribution is 2.39. The predicted octanol–water partition coefficient (Wildman–Crippen LogP) is 3.79. The fraction of sp³-hybridized carbons (Fsp3) is 0.267. The summed E-state index contributed by atoms with van der Waals surface area (Å²) in [6, 6.07) is 8.80. The Morgan fingerprint density at radius 3 is 2.62 bits per heavy atom. The van der Waals surface area contributed by atoms with E-state index in [0.29, 0.717) is 33.5 Å². The van der Waals surface area contributed by atoms with Gasteiger partial charge >= 0.3 is 0 Å². The molecule has 3 rings (SSSR count). The highest BCUT2D eigenvalue weighted by Gasteiger charge is 2.27. The summed E-state index contributed by atoms with van der Waals surface area (Å²) in [4.78, 5) is 8.77. The zero-order valence-electron chi connectivity index (χ0n) is 11.3. The molecular formula is C15H12BrN3O2. The van der Waals surface area contributed by atoms with Crippen LogP contribution in [0.5, 0.6) is 17.4 Å². The second-order valence-electron chi connectivity index (χ2n) is 4.77. The first-order chi connectivity index (χ1) is 10.2. The Morgan fingerprint density at radius 2 is 1.95 bits per heavy atom. The molecule has 0 bridgehead atoms. The molecule has 21 heavy (non-hydrogen) atoms. The molecule has 2 aromatic rings. The molecule has 0 saturated heterocycles. The number of ether oxygens (including phenoxy) is 2. The molecule has 0 aliphatic heterocycles. The molecule has 1 aromatic heterocycles. The van der Waals surface area contributed by atoms with Crippen LogP contribution in [-0.4, -0.2) is 17.1 Å². The Kier molecular flexibility index (Phi) is 3.76. The van der Waals surface area contributed by atoms with Crippen molar-refractivity contribution in [2.45, 2.75) is 18.8 Å². The molecule has 6 heteroatoms. The fourth-order valence-electron chi connectivity index (χ4n) is 1.92. The minimum atomic E-state index is 0.435. The highest BCUT2D eigenvalue weighted by molar-refractivity contribution is 9.10. The highest BCUT2D eigenvalue weighted by atomic mass is 79.9. The Bertz CT molecular complexity index is 723. The first kappa shape index (κ1) is 13.8. The van der Waals surface area contributed by atoms with Crippen LogP contribution in [0.2, 0.25) is 0 Å². The molecule has 0 unspecified atom stereocenters. The molecule has 1 saturated carbocycles. The van der Waals surface area contributed by atoms with Crippen molar-refractivity contribution in [3.05, 3.63) is 40.3 Å². The van der Waals surface area contributed by atoms with E-state index >= 15 is 0 Å². The van der Waals surface area contributed by atoms with Crippen molar-refractivity contribution >= 4 is 15.9 Å². The summed E-state index contributed by atoms with van der Waals surface area (Å²) in [6.07, 6.45) is 2.24. The van der Waals surface area contributed by atoms with Gasteiger partial charge in [0, 0.05) is 18.1 Å². The van der Waals surface area contributed by atoms with Gasteiger partial charge < -0.3 is 9.47 Å². The summed E-state index contributed by atoms with van der Waals surface area (Å²) in [5.41, 5.74) is 0.472. The van der Waals surface area contributed by atoms with Crippen LogP contribution in [0.4, 0.5) is 0 Å². The fourth-order valence-corrected chi connectivity index (χ4v) is 2.30. The number of hydrogen-bond acceptors (Lipinski definition) is 5. The van der Waals surface area contributed by atoms with Crippen molar-refractivity contribution in [3.63, 3.8) is 0 Å². The van der Waals surface area contributed by atoms with Gasteiger partial charge in [-0.05, 0) is 40.9 Å². The smallest absolute Gasteiger partial charge is 0.223 e. The van der Waals surface area contributed by atoms with Crippen molar-refractivity contribution in [2.24, 2.45) is 0 Å². The van der Waals surface area contributed by atoms with Crippen molar-refractivity contribution < 1.29 is 9.47 Å². The summed E-state index contributed by atoms with van der Waals surface area (Å²) in [6.45, 7) is 0. The molecule has 1 aromatic carbocycles. The summed E-state index contributed by atoms with van der Waals surface area (Å²) < 4.78 is 11.6. The molecule has 1 fully saturated rings. The van der Waals surface area contributed by atoms with Crippen LogP contribution in [0.3, 0.4) is 0 Å². The molecule has 0 spiro atoms. The number of rotatable bonds is 4. The molecule has 5 nitrogen and oxygen atoms in total. The Balaban J connectivity index is 1.91. The van der Waals surface area contributed by atoms with E-state index in [4.69, 9.17) is 14.7 Å². The lowest BCUT2D eigenvalue weighted by molar-refractivity contribution is 0.406. The van der Waals surface area contributed by atoms with Gasteiger partial charge in [-0.1, -0.05) is 0 Å². The minimum absolute atomic E-state index is 0.435. The van der Waals surface area contributed by atoms with E-state index in [1.807, 2.05) is 0 Å². The van der Waals surface area contributed by atoms with Gasteiger partial charge in [-0.3, -0.25) is 0 Å². The summed E-state index contributed by atoms with van der Waals surface area (Å²) in [7, 11) is 1.55. The number of methoxy groups -OCH3 is 1. The van der Waals surface area contributed by atoms with Crippen molar-refractivity contribution in [1.29, 1.82) is 5.26 Å². The lowest BCUT2D eigenvalue weighted by atomic mass is 10.2. The minimum Gasteiger partial charge on any atom is -0.497 e. The lowest BCUT2D eigenvalue weighted by Gasteiger charge is -2.08. The molecule has 0 atom stereocenters. The third-order valence-electron chi connectivity index (χ3n) is 3.10. The van der Waals surface area contributed by atoms with Crippen LogP contribution in [0.15, 0.2) is 28.9 Å². The Morgan fingerprint density at radius 1 is 1.19 bits per heavy atom. The van der Waals surface area contributed by atoms with Gasteiger partial charge in [0.15, 0.2) is 0 Å². The van der Waals surface area contributed by atoms with E-state index < -0.39 is 0 Å². The van der Waals surface area contributed by atoms with Crippen molar-refractivity contribution in [3.8, 4) is 23.4 Å². The average molecular weight is 346 g/mol. The predicted molar refractivity (Wildman–Crippen MR) is 79.5 cm³/mol. The third-order valence-corrected chi connectivity index (χ3v) is 3.50. The number of hydrogen-bond donors (Lipinski definition) is 0. The van der Waals surface area contributed by atoms with Crippen LogP contribution < -0.4 is 9.47 Å². The van der Waals surface area contributed by atoms with Crippen LogP contribution in [0.1, 0.15) is 30.1 Å². The van der Waals surface area contributed by atoms with Crippen LogP contribution in [0.25, 0.3) is 0 Å². The van der Waals surface area contributed by atoms with Crippen LogP contribution >= 0.6 is 15.9 Å². The standard InChI is InChI=1S/C15H12BrN3O2/c1-20-11-4-9(8-17)5-12(6-11)21-14-7-13(16)18-15(19-14)10-2-3-10/h4-7,10H,2-3H2,1H3. The molecule has 106 valence electrons. The summed E-state index contributed by atoms with van der Waals surface area (Å²) in [5.74, 6) is 2.77. The van der Waals surface area contributed by atoms with Crippen molar-refractivity contribution in [2.75, 3.05) is 7.11 Å². The van der Waals surface area contributed by atoms with Crippen LogP contribution in [0, 0.1) is 11.3 Å². The number of aromatic nitrogens is 2. The van der Waals surface area contributed by atoms with Gasteiger partial charge in [0.05, 0.1) is 18.7 Å². The van der Waals surface area contributed by atoms with Gasteiger partial charge in [0.25, 0.3) is 0 Å². The second kappa shape index (κ2) is 5.70. The van der Waals surface area contributed by atoms with Gasteiger partial charge in [-0.15, -0.1) is 0 Å². The number of benzene rings is 1. The maximum atomic E-state index is 9.02.